The van der Waals surface area contributed by atoms with Crippen LogP contribution in [0.25, 0.3) is 44.2 Å². The first-order valence-corrected chi connectivity index (χ1v) is 9.82. The Morgan fingerprint density at radius 1 is 0.536 bits per heavy atom. The molecule has 0 amide bonds. The number of benzene rings is 4. The van der Waals surface area contributed by atoms with Crippen LogP contribution in [-0.2, 0) is 0 Å². The first-order chi connectivity index (χ1) is 13.7. The summed E-state index contributed by atoms with van der Waals surface area (Å²) < 4.78 is 6.50. The molecule has 0 fully saturated rings. The van der Waals surface area contributed by atoms with Gasteiger partial charge >= 0.3 is 0 Å². The Bertz CT molecular complexity index is 1260. The fraction of sp³-hybridized carbons (Fsp3) is 0.111. The van der Waals surface area contributed by atoms with E-state index in [4.69, 9.17) is 4.42 Å². The van der Waals surface area contributed by atoms with Crippen LogP contribution >= 0.6 is 0 Å². The molecule has 0 saturated heterocycles. The van der Waals surface area contributed by atoms with Crippen molar-refractivity contribution in [2.24, 2.45) is 0 Å². The second kappa shape index (κ2) is 6.69. The van der Waals surface area contributed by atoms with Crippen LogP contribution in [0.4, 0.5) is 0 Å². The average Bonchev–Trinajstić information content (AvgIpc) is 3.13. The summed E-state index contributed by atoms with van der Waals surface area (Å²) in [5.41, 5.74) is 7.91. The smallest absolute Gasteiger partial charge is 0.143 e. The second-order valence-corrected chi connectivity index (χ2v) is 7.61. The van der Waals surface area contributed by atoms with Crippen molar-refractivity contribution in [1.82, 2.24) is 0 Å². The molecule has 0 bridgehead atoms. The zero-order chi connectivity index (χ0) is 19.1. The Hall–Kier alpha value is -3.32. The normalized spacial score (nSPS) is 11.5. The van der Waals surface area contributed by atoms with Crippen LogP contribution in [0.2, 0.25) is 0 Å². The SMILES string of the molecule is CC(C)c1ccc(-c2cccc3c2oc2c(-c4ccccc4)cccc23)cc1. The third kappa shape index (κ3) is 2.71. The highest BCUT2D eigenvalue weighted by atomic mass is 16.3. The topological polar surface area (TPSA) is 13.1 Å². The lowest BCUT2D eigenvalue weighted by atomic mass is 9.97. The molecule has 0 aliphatic rings. The van der Waals surface area contributed by atoms with Gasteiger partial charge in [0, 0.05) is 21.9 Å². The summed E-state index contributed by atoms with van der Waals surface area (Å²) in [5, 5.41) is 2.33. The van der Waals surface area contributed by atoms with Crippen LogP contribution < -0.4 is 0 Å². The van der Waals surface area contributed by atoms with E-state index in [-0.39, 0.29) is 0 Å². The minimum Gasteiger partial charge on any atom is -0.455 e. The van der Waals surface area contributed by atoms with E-state index in [9.17, 15) is 0 Å². The molecule has 4 aromatic carbocycles. The number of fused-ring (bicyclic) bond motifs is 3. The minimum atomic E-state index is 0.532. The zero-order valence-electron chi connectivity index (χ0n) is 16.1. The monoisotopic (exact) mass is 362 g/mol. The summed E-state index contributed by atoms with van der Waals surface area (Å²) >= 11 is 0. The molecule has 5 aromatic rings. The van der Waals surface area contributed by atoms with Gasteiger partial charge in [0.25, 0.3) is 0 Å². The van der Waals surface area contributed by atoms with Crippen molar-refractivity contribution < 1.29 is 4.42 Å². The molecule has 0 N–H and O–H groups in total. The summed E-state index contributed by atoms with van der Waals surface area (Å²) in [6.07, 6.45) is 0. The maximum Gasteiger partial charge on any atom is 0.143 e. The number of furan rings is 1. The average molecular weight is 362 g/mol. The van der Waals surface area contributed by atoms with Crippen LogP contribution in [0.3, 0.4) is 0 Å². The van der Waals surface area contributed by atoms with Gasteiger partial charge in [-0.15, -0.1) is 0 Å². The van der Waals surface area contributed by atoms with E-state index in [1.807, 2.05) is 6.07 Å². The van der Waals surface area contributed by atoms with Crippen molar-refractivity contribution in [2.75, 3.05) is 0 Å². The van der Waals surface area contributed by atoms with Gasteiger partial charge in [-0.05, 0) is 22.6 Å². The minimum absolute atomic E-state index is 0.532. The predicted octanol–water partition coefficient (Wildman–Crippen LogP) is 8.04. The van der Waals surface area contributed by atoms with Crippen molar-refractivity contribution in [1.29, 1.82) is 0 Å². The molecule has 0 aliphatic heterocycles. The van der Waals surface area contributed by atoms with Crippen LogP contribution in [0.5, 0.6) is 0 Å². The quantitative estimate of drug-likeness (QED) is 0.316. The van der Waals surface area contributed by atoms with Gasteiger partial charge in [0.1, 0.15) is 11.2 Å². The lowest BCUT2D eigenvalue weighted by molar-refractivity contribution is 0.671. The highest BCUT2D eigenvalue weighted by Gasteiger charge is 2.15. The molecule has 1 nitrogen and oxygen atoms in total. The highest BCUT2D eigenvalue weighted by molar-refractivity contribution is 6.12. The molecule has 5 rings (SSSR count). The Labute approximate surface area is 165 Å². The zero-order valence-corrected chi connectivity index (χ0v) is 16.1. The van der Waals surface area contributed by atoms with Gasteiger partial charge in [0.15, 0.2) is 0 Å². The van der Waals surface area contributed by atoms with Gasteiger partial charge in [-0.25, -0.2) is 0 Å². The highest BCUT2D eigenvalue weighted by Crippen LogP contribution is 2.39. The Morgan fingerprint density at radius 2 is 1.07 bits per heavy atom. The van der Waals surface area contributed by atoms with Crippen molar-refractivity contribution in [3.63, 3.8) is 0 Å². The van der Waals surface area contributed by atoms with Crippen LogP contribution in [0.1, 0.15) is 25.3 Å². The third-order valence-electron chi connectivity index (χ3n) is 5.50. The summed E-state index contributed by atoms with van der Waals surface area (Å²) in [5.74, 6) is 0.532. The van der Waals surface area contributed by atoms with Crippen molar-refractivity contribution in [3.05, 3.63) is 96.6 Å². The standard InChI is InChI=1S/C27H22O/c1-18(2)19-14-16-21(17-15-19)23-11-7-13-25-24-12-6-10-22(26(24)28-27(23)25)20-8-4-3-5-9-20/h3-18H,1-2H3. The van der Waals surface area contributed by atoms with Crippen LogP contribution in [0, 0.1) is 0 Å². The van der Waals surface area contributed by atoms with E-state index >= 15 is 0 Å². The second-order valence-electron chi connectivity index (χ2n) is 7.61. The van der Waals surface area contributed by atoms with E-state index in [0.29, 0.717) is 5.92 Å². The summed E-state index contributed by atoms with van der Waals surface area (Å²) in [6, 6.07) is 32.1. The Morgan fingerprint density at radius 3 is 1.61 bits per heavy atom. The Balaban J connectivity index is 1.75. The summed E-state index contributed by atoms with van der Waals surface area (Å²) in [4.78, 5) is 0. The number of para-hydroxylation sites is 2. The maximum atomic E-state index is 6.50. The molecule has 0 unspecified atom stereocenters. The Kier molecular flexibility index (Phi) is 4.02. The lowest BCUT2D eigenvalue weighted by Crippen LogP contribution is -1.86. The summed E-state index contributed by atoms with van der Waals surface area (Å²) in [7, 11) is 0. The van der Waals surface area contributed by atoms with Gasteiger partial charge in [0.2, 0.25) is 0 Å². The fourth-order valence-corrected chi connectivity index (χ4v) is 3.94. The fourth-order valence-electron chi connectivity index (χ4n) is 3.94. The van der Waals surface area contributed by atoms with Crippen LogP contribution in [-0.4, -0.2) is 0 Å². The number of hydrogen-bond acceptors (Lipinski definition) is 1. The molecule has 0 aliphatic carbocycles. The molecule has 1 heteroatoms. The van der Waals surface area contributed by atoms with Gasteiger partial charge in [-0.2, -0.15) is 0 Å². The van der Waals surface area contributed by atoms with E-state index in [1.165, 1.54) is 22.1 Å². The summed E-state index contributed by atoms with van der Waals surface area (Å²) in [6.45, 7) is 4.44. The largest absolute Gasteiger partial charge is 0.455 e. The van der Waals surface area contributed by atoms with Gasteiger partial charge < -0.3 is 4.42 Å². The molecule has 136 valence electrons. The molecule has 1 aromatic heterocycles. The maximum absolute atomic E-state index is 6.50. The lowest BCUT2D eigenvalue weighted by Gasteiger charge is -2.07. The third-order valence-corrected chi connectivity index (χ3v) is 5.50. The first kappa shape index (κ1) is 16.8. The first-order valence-electron chi connectivity index (χ1n) is 9.82. The van der Waals surface area contributed by atoms with Gasteiger partial charge in [-0.1, -0.05) is 105 Å². The molecule has 0 atom stereocenters. The van der Waals surface area contributed by atoms with Crippen molar-refractivity contribution in [2.45, 2.75) is 19.8 Å². The molecule has 0 saturated carbocycles. The van der Waals surface area contributed by atoms with E-state index in [1.54, 1.807) is 0 Å². The van der Waals surface area contributed by atoms with Gasteiger partial charge in [0.05, 0.1) is 0 Å². The number of rotatable bonds is 3. The molecule has 28 heavy (non-hydrogen) atoms. The van der Waals surface area contributed by atoms with E-state index < -0.39 is 0 Å². The van der Waals surface area contributed by atoms with E-state index in [0.717, 1.165) is 27.7 Å². The van der Waals surface area contributed by atoms with Gasteiger partial charge in [-0.3, -0.25) is 0 Å². The number of hydrogen-bond donors (Lipinski definition) is 0. The molecular formula is C27H22O. The molecule has 0 spiro atoms. The molecule has 1 heterocycles. The van der Waals surface area contributed by atoms with Crippen LogP contribution in [0.15, 0.2) is 95.4 Å². The van der Waals surface area contributed by atoms with Crippen molar-refractivity contribution in [3.8, 4) is 22.3 Å². The molecule has 0 radical (unpaired) electrons. The predicted molar refractivity (Wildman–Crippen MR) is 119 cm³/mol. The molecular weight excluding hydrogens is 340 g/mol. The van der Waals surface area contributed by atoms with Crippen molar-refractivity contribution >= 4 is 21.9 Å². The van der Waals surface area contributed by atoms with E-state index in [2.05, 4.69) is 98.8 Å².